The molecule has 14 heavy (non-hydrogen) atoms. The van der Waals surface area contributed by atoms with E-state index >= 15 is 0 Å². The summed E-state index contributed by atoms with van der Waals surface area (Å²) >= 11 is 0. The quantitative estimate of drug-likeness (QED) is 0.725. The van der Waals surface area contributed by atoms with Gasteiger partial charge in [-0.2, -0.15) is 0 Å². The fourth-order valence-corrected chi connectivity index (χ4v) is 1.74. The van der Waals surface area contributed by atoms with E-state index in [1.165, 1.54) is 0 Å². The first-order valence-electron chi connectivity index (χ1n) is 5.52. The van der Waals surface area contributed by atoms with Crippen molar-refractivity contribution in [3.8, 4) is 0 Å². The van der Waals surface area contributed by atoms with Crippen LogP contribution in [0.15, 0.2) is 24.3 Å². The van der Waals surface area contributed by atoms with Crippen LogP contribution in [0.5, 0.6) is 0 Å². The summed E-state index contributed by atoms with van der Waals surface area (Å²) in [6.07, 6.45) is 9.78. The van der Waals surface area contributed by atoms with Crippen molar-refractivity contribution in [3.05, 3.63) is 24.3 Å². The van der Waals surface area contributed by atoms with Crippen LogP contribution in [-0.2, 0) is 0 Å². The summed E-state index contributed by atoms with van der Waals surface area (Å²) in [4.78, 5) is 0. The van der Waals surface area contributed by atoms with Crippen LogP contribution in [0.1, 0.15) is 41.0 Å². The SMILES string of the molecule is CCC(C)(NC1C=CC=C1)C(C)(C)C. The minimum atomic E-state index is 0.191. The molecule has 1 rings (SSSR count). The van der Waals surface area contributed by atoms with Gasteiger partial charge in [0.15, 0.2) is 0 Å². The predicted octanol–water partition coefficient (Wildman–Crippen LogP) is 3.29. The molecule has 0 aromatic carbocycles. The van der Waals surface area contributed by atoms with Crippen molar-refractivity contribution in [1.82, 2.24) is 5.32 Å². The van der Waals surface area contributed by atoms with Crippen LogP contribution in [0.2, 0.25) is 0 Å². The second-order valence-electron chi connectivity index (χ2n) is 5.38. The Morgan fingerprint density at radius 1 is 1.07 bits per heavy atom. The average molecular weight is 193 g/mol. The standard InChI is InChI=1S/C13H23N/c1-6-13(5,12(2,3)4)14-11-9-7-8-10-11/h7-11,14H,6H2,1-5H3. The van der Waals surface area contributed by atoms with Crippen molar-refractivity contribution in [2.45, 2.75) is 52.6 Å². The number of allylic oxidation sites excluding steroid dienone is 2. The van der Waals surface area contributed by atoms with Crippen LogP contribution in [0, 0.1) is 5.41 Å². The number of hydrogen-bond acceptors (Lipinski definition) is 1. The van der Waals surface area contributed by atoms with Crippen LogP contribution < -0.4 is 5.32 Å². The summed E-state index contributed by atoms with van der Waals surface area (Å²) < 4.78 is 0. The molecule has 0 heterocycles. The number of hydrogen-bond donors (Lipinski definition) is 1. The second-order valence-corrected chi connectivity index (χ2v) is 5.38. The third kappa shape index (κ3) is 2.27. The van der Waals surface area contributed by atoms with Gasteiger partial charge in [-0.3, -0.25) is 0 Å². The first kappa shape index (κ1) is 11.5. The fraction of sp³-hybridized carbons (Fsp3) is 0.692. The molecule has 1 N–H and O–H groups in total. The predicted molar refractivity (Wildman–Crippen MR) is 63.4 cm³/mol. The molecule has 1 nitrogen and oxygen atoms in total. The first-order valence-corrected chi connectivity index (χ1v) is 5.52. The Morgan fingerprint density at radius 3 is 1.93 bits per heavy atom. The lowest BCUT2D eigenvalue weighted by Gasteiger charge is -2.43. The highest BCUT2D eigenvalue weighted by Gasteiger charge is 2.36. The van der Waals surface area contributed by atoms with E-state index in [1.807, 2.05) is 0 Å². The third-order valence-electron chi connectivity index (χ3n) is 3.60. The van der Waals surface area contributed by atoms with E-state index in [4.69, 9.17) is 0 Å². The van der Waals surface area contributed by atoms with Crippen LogP contribution in [-0.4, -0.2) is 11.6 Å². The zero-order valence-corrected chi connectivity index (χ0v) is 10.1. The van der Waals surface area contributed by atoms with E-state index in [-0.39, 0.29) is 11.0 Å². The zero-order valence-electron chi connectivity index (χ0n) is 10.1. The van der Waals surface area contributed by atoms with Crippen LogP contribution in [0.4, 0.5) is 0 Å². The lowest BCUT2D eigenvalue weighted by Crippen LogP contribution is -2.54. The maximum absolute atomic E-state index is 3.71. The molecule has 0 amide bonds. The van der Waals surface area contributed by atoms with E-state index in [0.717, 1.165) is 6.42 Å². The molecule has 1 unspecified atom stereocenters. The van der Waals surface area contributed by atoms with Crippen molar-refractivity contribution < 1.29 is 0 Å². The highest BCUT2D eigenvalue weighted by Crippen LogP contribution is 2.33. The molecular formula is C13H23N. The van der Waals surface area contributed by atoms with Crippen molar-refractivity contribution in [1.29, 1.82) is 0 Å². The normalized spacial score (nSPS) is 21.5. The molecule has 1 aliphatic rings. The van der Waals surface area contributed by atoms with Gasteiger partial charge in [-0.25, -0.2) is 0 Å². The van der Waals surface area contributed by atoms with Gasteiger partial charge >= 0.3 is 0 Å². The van der Waals surface area contributed by atoms with Crippen LogP contribution >= 0.6 is 0 Å². The number of nitrogens with one attached hydrogen (secondary N) is 1. The molecule has 0 aliphatic heterocycles. The minimum absolute atomic E-state index is 0.191. The molecule has 0 aromatic rings. The first-order chi connectivity index (χ1) is 6.39. The number of rotatable bonds is 3. The van der Waals surface area contributed by atoms with E-state index in [2.05, 4.69) is 64.2 Å². The van der Waals surface area contributed by atoms with Crippen LogP contribution in [0.25, 0.3) is 0 Å². The van der Waals surface area contributed by atoms with Gasteiger partial charge in [0.25, 0.3) is 0 Å². The molecule has 1 heteroatoms. The summed E-state index contributed by atoms with van der Waals surface area (Å²) in [5, 5.41) is 3.71. The smallest absolute Gasteiger partial charge is 0.0446 e. The maximum Gasteiger partial charge on any atom is 0.0446 e. The summed E-state index contributed by atoms with van der Waals surface area (Å²) in [5.74, 6) is 0. The molecule has 0 radical (unpaired) electrons. The van der Waals surface area contributed by atoms with Gasteiger partial charge in [-0.15, -0.1) is 0 Å². The molecule has 0 spiro atoms. The van der Waals surface area contributed by atoms with E-state index < -0.39 is 0 Å². The van der Waals surface area contributed by atoms with Crippen LogP contribution in [0.3, 0.4) is 0 Å². The lowest BCUT2D eigenvalue weighted by atomic mass is 9.73. The van der Waals surface area contributed by atoms with E-state index in [9.17, 15) is 0 Å². The van der Waals surface area contributed by atoms with Gasteiger partial charge in [0.05, 0.1) is 0 Å². The molecule has 0 fully saturated rings. The van der Waals surface area contributed by atoms with Gasteiger partial charge in [-0.05, 0) is 18.8 Å². The summed E-state index contributed by atoms with van der Waals surface area (Å²) in [5.41, 5.74) is 0.475. The van der Waals surface area contributed by atoms with Gasteiger partial charge in [-0.1, -0.05) is 52.0 Å². The Kier molecular flexibility index (Phi) is 3.20. The van der Waals surface area contributed by atoms with E-state index in [1.54, 1.807) is 0 Å². The summed E-state index contributed by atoms with van der Waals surface area (Å²) in [6.45, 7) is 11.5. The molecule has 80 valence electrons. The molecule has 0 saturated heterocycles. The van der Waals surface area contributed by atoms with Crippen molar-refractivity contribution in [2.24, 2.45) is 5.41 Å². The average Bonchev–Trinajstić information content (AvgIpc) is 2.54. The Bertz CT molecular complexity index is 232. The Balaban J connectivity index is 2.70. The Morgan fingerprint density at radius 2 is 1.57 bits per heavy atom. The van der Waals surface area contributed by atoms with Gasteiger partial charge in [0.2, 0.25) is 0 Å². The van der Waals surface area contributed by atoms with Crippen molar-refractivity contribution in [2.75, 3.05) is 0 Å². The summed E-state index contributed by atoms with van der Waals surface area (Å²) in [7, 11) is 0. The topological polar surface area (TPSA) is 12.0 Å². The second kappa shape index (κ2) is 3.90. The molecule has 0 saturated carbocycles. The molecule has 0 bridgehead atoms. The third-order valence-corrected chi connectivity index (χ3v) is 3.60. The fourth-order valence-electron chi connectivity index (χ4n) is 1.74. The van der Waals surface area contributed by atoms with Crippen molar-refractivity contribution >= 4 is 0 Å². The molecular weight excluding hydrogens is 170 g/mol. The minimum Gasteiger partial charge on any atom is -0.301 e. The monoisotopic (exact) mass is 193 g/mol. The largest absolute Gasteiger partial charge is 0.301 e. The highest BCUT2D eigenvalue weighted by molar-refractivity contribution is 5.22. The van der Waals surface area contributed by atoms with Gasteiger partial charge in [0.1, 0.15) is 0 Å². The van der Waals surface area contributed by atoms with E-state index in [0.29, 0.717) is 6.04 Å². The highest BCUT2D eigenvalue weighted by atomic mass is 15.0. The van der Waals surface area contributed by atoms with Gasteiger partial charge in [0, 0.05) is 11.6 Å². The maximum atomic E-state index is 3.71. The Labute approximate surface area is 88.3 Å². The molecule has 1 atom stereocenters. The molecule has 0 aromatic heterocycles. The zero-order chi connectivity index (χ0) is 10.8. The lowest BCUT2D eigenvalue weighted by molar-refractivity contribution is 0.147. The summed E-state index contributed by atoms with van der Waals surface area (Å²) in [6, 6.07) is 0.416. The Hall–Kier alpha value is -0.560. The molecule has 1 aliphatic carbocycles. The van der Waals surface area contributed by atoms with Crippen molar-refractivity contribution in [3.63, 3.8) is 0 Å². The van der Waals surface area contributed by atoms with Gasteiger partial charge < -0.3 is 5.32 Å².